The van der Waals surface area contributed by atoms with Crippen LogP contribution in [0, 0.1) is 0 Å². The first kappa shape index (κ1) is 17.3. The van der Waals surface area contributed by atoms with Gasteiger partial charge in [-0.15, -0.1) is 0 Å². The van der Waals surface area contributed by atoms with Gasteiger partial charge in [0.2, 0.25) is 0 Å². The SMILES string of the molecule is CCC(CC)(CC1OC(O)C(O)C(O)C1O)OC(C)=O. The van der Waals surface area contributed by atoms with E-state index in [0.717, 1.165) is 0 Å². The van der Waals surface area contributed by atoms with Crippen molar-refractivity contribution in [2.45, 2.75) is 76.3 Å². The molecule has 1 rings (SSSR count). The summed E-state index contributed by atoms with van der Waals surface area (Å²) in [5, 5.41) is 38.5. The molecule has 0 amide bonds. The number of aliphatic hydroxyl groups is 4. The smallest absolute Gasteiger partial charge is 0.303 e. The van der Waals surface area contributed by atoms with Crippen molar-refractivity contribution in [2.75, 3.05) is 0 Å². The van der Waals surface area contributed by atoms with Crippen molar-refractivity contribution in [3.05, 3.63) is 0 Å². The van der Waals surface area contributed by atoms with Crippen LogP contribution in [-0.2, 0) is 14.3 Å². The molecular weight excluding hydrogens is 268 g/mol. The van der Waals surface area contributed by atoms with Crippen molar-refractivity contribution in [2.24, 2.45) is 0 Å². The molecule has 7 heteroatoms. The molecule has 5 atom stereocenters. The van der Waals surface area contributed by atoms with Gasteiger partial charge in [-0.05, 0) is 12.8 Å². The van der Waals surface area contributed by atoms with Crippen molar-refractivity contribution >= 4 is 5.97 Å². The van der Waals surface area contributed by atoms with Crippen LogP contribution in [0.2, 0.25) is 0 Å². The minimum absolute atomic E-state index is 0.127. The molecule has 20 heavy (non-hydrogen) atoms. The second-order valence-corrected chi connectivity index (χ2v) is 5.22. The Balaban J connectivity index is 2.85. The number of carbonyl (C=O) groups is 1. The zero-order valence-electron chi connectivity index (χ0n) is 12.0. The first-order valence-electron chi connectivity index (χ1n) is 6.83. The minimum atomic E-state index is -1.58. The third kappa shape index (κ3) is 3.67. The Morgan fingerprint density at radius 3 is 2.10 bits per heavy atom. The Morgan fingerprint density at radius 1 is 1.10 bits per heavy atom. The van der Waals surface area contributed by atoms with E-state index in [4.69, 9.17) is 9.47 Å². The third-order valence-electron chi connectivity index (χ3n) is 3.91. The average Bonchev–Trinajstić information content (AvgIpc) is 2.41. The van der Waals surface area contributed by atoms with Crippen LogP contribution < -0.4 is 0 Å². The number of carbonyl (C=O) groups excluding carboxylic acids is 1. The summed E-state index contributed by atoms with van der Waals surface area (Å²) in [5.41, 5.74) is -0.834. The Hall–Kier alpha value is -0.730. The Labute approximate surface area is 118 Å². The summed E-state index contributed by atoms with van der Waals surface area (Å²) in [6.45, 7) is 4.97. The van der Waals surface area contributed by atoms with Crippen LogP contribution in [0.3, 0.4) is 0 Å². The quantitative estimate of drug-likeness (QED) is 0.495. The van der Waals surface area contributed by atoms with Crippen molar-refractivity contribution < 1.29 is 34.7 Å². The van der Waals surface area contributed by atoms with E-state index >= 15 is 0 Å². The molecule has 1 aliphatic heterocycles. The second-order valence-electron chi connectivity index (χ2n) is 5.22. The van der Waals surface area contributed by atoms with Gasteiger partial charge in [0.1, 0.15) is 23.9 Å². The molecule has 7 nitrogen and oxygen atoms in total. The monoisotopic (exact) mass is 292 g/mol. The fourth-order valence-corrected chi connectivity index (χ4v) is 2.50. The highest BCUT2D eigenvalue weighted by molar-refractivity contribution is 5.66. The van der Waals surface area contributed by atoms with Crippen LogP contribution in [0.5, 0.6) is 0 Å². The predicted molar refractivity (Wildman–Crippen MR) is 68.6 cm³/mol. The molecule has 1 aliphatic rings. The number of ether oxygens (including phenoxy) is 2. The topological polar surface area (TPSA) is 116 Å². The maximum absolute atomic E-state index is 11.2. The zero-order valence-corrected chi connectivity index (χ0v) is 12.0. The summed E-state index contributed by atoms with van der Waals surface area (Å²) >= 11 is 0. The van der Waals surface area contributed by atoms with E-state index in [2.05, 4.69) is 0 Å². The molecule has 0 radical (unpaired) electrons. The summed E-state index contributed by atoms with van der Waals surface area (Å²) in [6.07, 6.45) is -5.80. The molecule has 0 saturated carbocycles. The van der Waals surface area contributed by atoms with Gasteiger partial charge in [-0.2, -0.15) is 0 Å². The van der Waals surface area contributed by atoms with Gasteiger partial charge in [0.15, 0.2) is 6.29 Å². The molecule has 1 saturated heterocycles. The molecule has 1 fully saturated rings. The summed E-state index contributed by atoms with van der Waals surface area (Å²) in [5.74, 6) is -0.444. The number of rotatable bonds is 5. The number of hydrogen-bond acceptors (Lipinski definition) is 7. The van der Waals surface area contributed by atoms with Gasteiger partial charge in [-0.1, -0.05) is 13.8 Å². The number of esters is 1. The lowest BCUT2D eigenvalue weighted by atomic mass is 9.85. The van der Waals surface area contributed by atoms with Gasteiger partial charge in [-0.3, -0.25) is 4.79 Å². The summed E-state index contributed by atoms with van der Waals surface area (Å²) in [7, 11) is 0. The minimum Gasteiger partial charge on any atom is -0.459 e. The lowest BCUT2D eigenvalue weighted by molar-refractivity contribution is -0.289. The highest BCUT2D eigenvalue weighted by Gasteiger charge is 2.46. The Morgan fingerprint density at radius 2 is 1.65 bits per heavy atom. The normalized spacial score (nSPS) is 34.9. The molecule has 0 aromatic carbocycles. The highest BCUT2D eigenvalue weighted by Crippen LogP contribution is 2.32. The molecule has 1 heterocycles. The second kappa shape index (κ2) is 6.82. The van der Waals surface area contributed by atoms with Gasteiger partial charge in [0.25, 0.3) is 0 Å². The van der Waals surface area contributed by atoms with E-state index < -0.39 is 42.3 Å². The van der Waals surface area contributed by atoms with Gasteiger partial charge < -0.3 is 29.9 Å². The highest BCUT2D eigenvalue weighted by atomic mass is 16.6. The molecule has 4 N–H and O–H groups in total. The van der Waals surface area contributed by atoms with Crippen LogP contribution in [0.1, 0.15) is 40.0 Å². The van der Waals surface area contributed by atoms with Gasteiger partial charge in [-0.25, -0.2) is 0 Å². The van der Waals surface area contributed by atoms with Gasteiger partial charge in [0.05, 0.1) is 6.10 Å². The van der Waals surface area contributed by atoms with Crippen molar-refractivity contribution in [1.29, 1.82) is 0 Å². The Bertz CT molecular complexity index is 329. The van der Waals surface area contributed by atoms with Gasteiger partial charge >= 0.3 is 5.97 Å². The fourth-order valence-electron chi connectivity index (χ4n) is 2.50. The molecule has 0 bridgehead atoms. The first-order valence-corrected chi connectivity index (χ1v) is 6.83. The van der Waals surface area contributed by atoms with Crippen LogP contribution in [0.25, 0.3) is 0 Å². The van der Waals surface area contributed by atoms with Crippen LogP contribution in [0.15, 0.2) is 0 Å². The summed E-state index contributed by atoms with van der Waals surface area (Å²) in [6, 6.07) is 0. The lowest BCUT2D eigenvalue weighted by Gasteiger charge is -2.42. The van der Waals surface area contributed by atoms with E-state index in [1.54, 1.807) is 0 Å². The molecule has 0 spiro atoms. The fraction of sp³-hybridized carbons (Fsp3) is 0.923. The van der Waals surface area contributed by atoms with Crippen molar-refractivity contribution in [3.8, 4) is 0 Å². The molecule has 0 aromatic rings. The van der Waals surface area contributed by atoms with Crippen molar-refractivity contribution in [3.63, 3.8) is 0 Å². The van der Waals surface area contributed by atoms with E-state index in [0.29, 0.717) is 12.8 Å². The summed E-state index contributed by atoms with van der Waals surface area (Å²) in [4.78, 5) is 11.2. The van der Waals surface area contributed by atoms with E-state index in [9.17, 15) is 25.2 Å². The molecule has 118 valence electrons. The summed E-state index contributed by atoms with van der Waals surface area (Å²) < 4.78 is 10.5. The maximum atomic E-state index is 11.2. The van der Waals surface area contributed by atoms with E-state index in [1.807, 2.05) is 13.8 Å². The molecule has 0 aliphatic carbocycles. The molecule has 5 unspecified atom stereocenters. The van der Waals surface area contributed by atoms with Crippen LogP contribution in [0.4, 0.5) is 0 Å². The van der Waals surface area contributed by atoms with Crippen LogP contribution >= 0.6 is 0 Å². The van der Waals surface area contributed by atoms with Gasteiger partial charge in [0, 0.05) is 13.3 Å². The Kier molecular flexibility index (Phi) is 5.91. The molecule has 0 aromatic heterocycles. The van der Waals surface area contributed by atoms with Crippen LogP contribution in [-0.4, -0.2) is 62.7 Å². The maximum Gasteiger partial charge on any atom is 0.303 e. The standard InChI is InChI=1S/C13H24O7/c1-4-13(5-2,20-7(3)14)6-8-9(15)10(16)11(17)12(18)19-8/h8-12,15-18H,4-6H2,1-3H3. The predicted octanol–water partition coefficient (Wildman–Crippen LogP) is -0.702. The van der Waals surface area contributed by atoms with E-state index in [-0.39, 0.29) is 6.42 Å². The van der Waals surface area contributed by atoms with Crippen molar-refractivity contribution in [1.82, 2.24) is 0 Å². The largest absolute Gasteiger partial charge is 0.459 e. The average molecular weight is 292 g/mol. The number of hydrogen-bond donors (Lipinski definition) is 4. The zero-order chi connectivity index (χ0) is 15.5. The first-order chi connectivity index (χ1) is 9.26. The third-order valence-corrected chi connectivity index (χ3v) is 3.91. The lowest BCUT2D eigenvalue weighted by Crippen LogP contribution is -2.59. The number of aliphatic hydroxyl groups excluding tert-OH is 4. The molecular formula is C13H24O7. The van der Waals surface area contributed by atoms with E-state index in [1.165, 1.54) is 6.92 Å².